The molecule has 68 valence electrons. The van der Waals surface area contributed by atoms with E-state index in [-0.39, 0.29) is 9.45 Å². The highest BCUT2D eigenvalue weighted by Gasteiger charge is 2.01. The summed E-state index contributed by atoms with van der Waals surface area (Å²) in [6.45, 7) is 0. The molecule has 14 heavy (non-hydrogen) atoms. The molecular formula is C11H7NS2. The fourth-order valence-corrected chi connectivity index (χ4v) is 3.28. The van der Waals surface area contributed by atoms with Crippen LogP contribution in [0.25, 0.3) is 21.7 Å². The highest BCUT2D eigenvalue weighted by Crippen LogP contribution is 2.05. The topological polar surface area (TPSA) is 12.9 Å². The molecule has 0 saturated heterocycles. The molecule has 0 spiro atoms. The van der Waals surface area contributed by atoms with Crippen molar-refractivity contribution in [1.82, 2.24) is 4.98 Å². The van der Waals surface area contributed by atoms with Crippen LogP contribution in [0.5, 0.6) is 0 Å². The number of fused-ring (bicyclic) bond motifs is 3. The van der Waals surface area contributed by atoms with Gasteiger partial charge < -0.3 is 0 Å². The minimum Gasteiger partial charge on any atom is -0.256 e. The minimum atomic E-state index is -0.132. The van der Waals surface area contributed by atoms with Crippen LogP contribution in [0.1, 0.15) is 0 Å². The van der Waals surface area contributed by atoms with Gasteiger partial charge in [-0.3, -0.25) is 4.98 Å². The predicted molar refractivity (Wildman–Crippen MR) is 64.7 cm³/mol. The van der Waals surface area contributed by atoms with E-state index in [0.717, 1.165) is 5.52 Å². The van der Waals surface area contributed by atoms with Crippen LogP contribution < -0.4 is 10.4 Å². The number of benzene rings is 1. The van der Waals surface area contributed by atoms with E-state index in [1.165, 1.54) is 15.8 Å². The lowest BCUT2D eigenvalue weighted by atomic mass is 10.2. The Hall–Kier alpha value is -1.06. The van der Waals surface area contributed by atoms with Gasteiger partial charge in [-0.15, -0.1) is 0 Å². The molecule has 3 rings (SSSR count). The molecule has 0 saturated carbocycles. The highest BCUT2D eigenvalue weighted by atomic mass is 32.8. The van der Waals surface area contributed by atoms with Crippen molar-refractivity contribution in [2.45, 2.75) is 0 Å². The zero-order chi connectivity index (χ0) is 9.54. The molecule has 2 aromatic rings. The smallest absolute Gasteiger partial charge is 0.0708 e. The van der Waals surface area contributed by atoms with Gasteiger partial charge in [-0.05, 0) is 28.1 Å². The summed E-state index contributed by atoms with van der Waals surface area (Å²) in [6.07, 6.45) is 1.91. The number of aromatic nitrogens is 1. The molecule has 1 aliphatic heterocycles. The third-order valence-corrected chi connectivity index (χ3v) is 3.86. The molecule has 0 radical (unpaired) electrons. The molecule has 0 aliphatic carbocycles. The van der Waals surface area contributed by atoms with Crippen molar-refractivity contribution in [2.24, 2.45) is 0 Å². The van der Waals surface area contributed by atoms with Crippen LogP contribution in [0, 0.1) is 0 Å². The molecule has 0 N–H and O–H groups in total. The third-order valence-electron chi connectivity index (χ3n) is 2.33. The van der Waals surface area contributed by atoms with E-state index in [0.29, 0.717) is 0 Å². The number of nitrogens with zero attached hydrogens (tertiary/aromatic N) is 1. The van der Waals surface area contributed by atoms with E-state index in [1.54, 1.807) is 0 Å². The molecule has 1 nitrogen and oxygen atoms in total. The van der Waals surface area contributed by atoms with Crippen LogP contribution in [0.4, 0.5) is 0 Å². The van der Waals surface area contributed by atoms with Crippen molar-refractivity contribution in [3.63, 3.8) is 0 Å². The lowest BCUT2D eigenvalue weighted by Gasteiger charge is -1.95. The zero-order valence-corrected chi connectivity index (χ0v) is 8.94. The van der Waals surface area contributed by atoms with Crippen LogP contribution in [-0.4, -0.2) is 4.98 Å². The van der Waals surface area contributed by atoms with E-state index < -0.39 is 0 Å². The second-order valence-corrected chi connectivity index (χ2v) is 5.49. The summed E-state index contributed by atoms with van der Waals surface area (Å²) in [4.78, 5) is 4.39. The van der Waals surface area contributed by atoms with Crippen molar-refractivity contribution in [3.05, 3.63) is 40.9 Å². The van der Waals surface area contributed by atoms with Crippen molar-refractivity contribution >= 4 is 42.4 Å². The van der Waals surface area contributed by atoms with Gasteiger partial charge >= 0.3 is 0 Å². The predicted octanol–water partition coefficient (Wildman–Crippen LogP) is 0.805. The Morgan fingerprint density at radius 3 is 2.93 bits per heavy atom. The lowest BCUT2D eigenvalue weighted by Crippen LogP contribution is -2.22. The van der Waals surface area contributed by atoms with Gasteiger partial charge in [-0.25, -0.2) is 0 Å². The molecule has 1 aliphatic rings. The summed E-state index contributed by atoms with van der Waals surface area (Å²) in [5, 5.41) is 7.90. The Morgan fingerprint density at radius 1 is 1.14 bits per heavy atom. The van der Waals surface area contributed by atoms with E-state index in [1.807, 2.05) is 24.4 Å². The zero-order valence-electron chi connectivity index (χ0n) is 7.31. The second-order valence-electron chi connectivity index (χ2n) is 3.21. The number of pyridine rings is 1. The summed E-state index contributed by atoms with van der Waals surface area (Å²) in [5.74, 6) is 0. The maximum atomic E-state index is 5.26. The molecule has 0 amide bonds. The summed E-state index contributed by atoms with van der Waals surface area (Å²) >= 11 is 5.26. The number of hydrogen-bond acceptors (Lipinski definition) is 2. The average molecular weight is 217 g/mol. The Balaban J connectivity index is 2.65. The Kier molecular flexibility index (Phi) is 1.75. The normalized spacial score (nSPS) is 18.7. The quantitative estimate of drug-likeness (QED) is 0.647. The summed E-state index contributed by atoms with van der Waals surface area (Å²) in [6, 6.07) is 8.18. The standard InChI is InChI=1S/C11H7NS2/c13-14-6-8-5-12-11-4-2-1-3-9(11)10(8)7-14/h1-7H. The van der Waals surface area contributed by atoms with Gasteiger partial charge in [0.25, 0.3) is 0 Å². The molecule has 3 heteroatoms. The molecule has 1 aromatic carbocycles. The van der Waals surface area contributed by atoms with Crippen molar-refractivity contribution in [3.8, 4) is 0 Å². The van der Waals surface area contributed by atoms with Crippen LogP contribution in [0.2, 0.25) is 0 Å². The molecule has 0 fully saturated rings. The van der Waals surface area contributed by atoms with E-state index in [4.69, 9.17) is 11.2 Å². The van der Waals surface area contributed by atoms with E-state index in [9.17, 15) is 0 Å². The first kappa shape index (κ1) is 8.26. The van der Waals surface area contributed by atoms with Crippen LogP contribution in [-0.2, 0) is 20.6 Å². The maximum absolute atomic E-state index is 5.26. The van der Waals surface area contributed by atoms with Gasteiger partial charge in [-0.2, -0.15) is 0 Å². The SMILES string of the molecule is S=S1C=c2cnc3ccccc3c2=C1. The first-order chi connectivity index (χ1) is 6.84. The summed E-state index contributed by atoms with van der Waals surface area (Å²) < 4.78 is 0. The number of rotatable bonds is 0. The molecule has 0 bridgehead atoms. The number of hydrogen-bond donors (Lipinski definition) is 0. The fraction of sp³-hybridized carbons (Fsp3) is 0. The van der Waals surface area contributed by atoms with E-state index >= 15 is 0 Å². The first-order valence-electron chi connectivity index (χ1n) is 4.31. The van der Waals surface area contributed by atoms with E-state index in [2.05, 4.69) is 21.9 Å². The Bertz CT molecular complexity index is 659. The fourth-order valence-electron chi connectivity index (χ4n) is 1.68. The van der Waals surface area contributed by atoms with Crippen LogP contribution >= 0.6 is 0 Å². The van der Waals surface area contributed by atoms with Gasteiger partial charge in [0.1, 0.15) is 0 Å². The monoisotopic (exact) mass is 217 g/mol. The Labute approximate surface area is 88.4 Å². The molecule has 1 aromatic heterocycles. The van der Waals surface area contributed by atoms with Crippen molar-refractivity contribution in [1.29, 1.82) is 0 Å². The molecular weight excluding hydrogens is 210 g/mol. The maximum Gasteiger partial charge on any atom is 0.0708 e. The molecule has 1 unspecified atom stereocenters. The molecule has 2 heterocycles. The summed E-state index contributed by atoms with van der Waals surface area (Å²) in [5.41, 5.74) is 1.05. The Morgan fingerprint density at radius 2 is 2.00 bits per heavy atom. The minimum absolute atomic E-state index is 0.132. The third kappa shape index (κ3) is 1.13. The second kappa shape index (κ2) is 2.97. The van der Waals surface area contributed by atoms with Crippen molar-refractivity contribution in [2.75, 3.05) is 0 Å². The van der Waals surface area contributed by atoms with Gasteiger partial charge in [0, 0.05) is 22.0 Å². The largest absolute Gasteiger partial charge is 0.256 e. The van der Waals surface area contributed by atoms with Gasteiger partial charge in [0.2, 0.25) is 0 Å². The van der Waals surface area contributed by atoms with Gasteiger partial charge in [0.15, 0.2) is 0 Å². The van der Waals surface area contributed by atoms with Gasteiger partial charge in [-0.1, -0.05) is 27.7 Å². The molecule has 1 atom stereocenters. The highest BCUT2D eigenvalue weighted by molar-refractivity contribution is 8.37. The van der Waals surface area contributed by atoms with Crippen molar-refractivity contribution < 1.29 is 0 Å². The number of para-hydroxylation sites is 1. The first-order valence-corrected chi connectivity index (χ1v) is 6.59. The average Bonchev–Trinajstić information content (AvgIpc) is 2.59. The van der Waals surface area contributed by atoms with Crippen LogP contribution in [0.3, 0.4) is 0 Å². The van der Waals surface area contributed by atoms with Gasteiger partial charge in [0.05, 0.1) is 5.52 Å². The summed E-state index contributed by atoms with van der Waals surface area (Å²) in [7, 11) is -0.132. The van der Waals surface area contributed by atoms with Crippen LogP contribution in [0.15, 0.2) is 30.5 Å². The lowest BCUT2D eigenvalue weighted by molar-refractivity contribution is 1.36.